The fourth-order valence-electron chi connectivity index (χ4n) is 2.60. The summed E-state index contributed by atoms with van der Waals surface area (Å²) >= 11 is 0. The van der Waals surface area contributed by atoms with Crippen LogP contribution in [-0.4, -0.2) is 47.6 Å². The number of carboxylic acid groups (broad SMARTS) is 1. The summed E-state index contributed by atoms with van der Waals surface area (Å²) in [7, 11) is 0. The van der Waals surface area contributed by atoms with Crippen molar-refractivity contribution in [3.63, 3.8) is 0 Å². The first-order chi connectivity index (χ1) is 8.40. The van der Waals surface area contributed by atoms with Gasteiger partial charge < -0.3 is 15.3 Å². The van der Waals surface area contributed by atoms with Crippen LogP contribution in [0.3, 0.4) is 0 Å². The molecule has 1 aliphatic rings. The first-order valence-electron chi connectivity index (χ1n) is 6.64. The molecule has 5 nitrogen and oxygen atoms in total. The normalized spacial score (nSPS) is 25.5. The third kappa shape index (κ3) is 3.45. The second kappa shape index (κ2) is 6.18. The first kappa shape index (κ1) is 15.0. The van der Waals surface area contributed by atoms with Gasteiger partial charge in [0, 0.05) is 19.1 Å². The average Bonchev–Trinajstić information content (AvgIpc) is 2.29. The second-order valence-corrected chi connectivity index (χ2v) is 5.38. The standard InChI is InChI=1S/C13H24N2O3/c1-4-15(10(2)8-11(16)17)12(18)13(3)6-5-7-14-9-13/h10,14H,4-9H2,1-3H3,(H,16,17). The number of hydrogen-bond acceptors (Lipinski definition) is 3. The molecule has 104 valence electrons. The van der Waals surface area contributed by atoms with Gasteiger partial charge in [0.05, 0.1) is 11.8 Å². The molecule has 0 aromatic heterocycles. The van der Waals surface area contributed by atoms with E-state index in [0.717, 1.165) is 19.4 Å². The molecule has 5 heteroatoms. The van der Waals surface area contributed by atoms with Crippen LogP contribution in [0.25, 0.3) is 0 Å². The predicted octanol–water partition coefficient (Wildman–Crippen LogP) is 1.09. The first-order valence-corrected chi connectivity index (χ1v) is 6.64. The van der Waals surface area contributed by atoms with Gasteiger partial charge in [-0.15, -0.1) is 0 Å². The van der Waals surface area contributed by atoms with Crippen molar-refractivity contribution in [1.29, 1.82) is 0 Å². The summed E-state index contributed by atoms with van der Waals surface area (Å²) in [6.07, 6.45) is 1.87. The minimum Gasteiger partial charge on any atom is -0.481 e. The maximum Gasteiger partial charge on any atom is 0.305 e. The molecule has 0 aromatic rings. The van der Waals surface area contributed by atoms with E-state index in [1.165, 1.54) is 0 Å². The Labute approximate surface area is 109 Å². The fourth-order valence-corrected chi connectivity index (χ4v) is 2.60. The summed E-state index contributed by atoms with van der Waals surface area (Å²) in [4.78, 5) is 25.0. The van der Waals surface area contributed by atoms with Gasteiger partial charge in [-0.1, -0.05) is 0 Å². The van der Waals surface area contributed by atoms with E-state index in [-0.39, 0.29) is 23.8 Å². The topological polar surface area (TPSA) is 69.6 Å². The summed E-state index contributed by atoms with van der Waals surface area (Å²) in [6.45, 7) is 7.87. The molecular formula is C13H24N2O3. The summed E-state index contributed by atoms with van der Waals surface area (Å²) in [5.74, 6) is -0.786. The lowest BCUT2D eigenvalue weighted by atomic mass is 9.81. The molecule has 1 amide bonds. The number of hydrogen-bond donors (Lipinski definition) is 2. The van der Waals surface area contributed by atoms with Gasteiger partial charge in [-0.05, 0) is 40.2 Å². The van der Waals surface area contributed by atoms with Crippen molar-refractivity contribution in [3.8, 4) is 0 Å². The van der Waals surface area contributed by atoms with Crippen molar-refractivity contribution in [2.45, 2.75) is 46.1 Å². The van der Waals surface area contributed by atoms with Gasteiger partial charge in [0.2, 0.25) is 5.91 Å². The van der Waals surface area contributed by atoms with Crippen LogP contribution in [0, 0.1) is 5.41 Å². The third-order valence-corrected chi connectivity index (χ3v) is 3.72. The maximum atomic E-state index is 12.6. The summed E-state index contributed by atoms with van der Waals surface area (Å²) in [5.41, 5.74) is -0.388. The van der Waals surface area contributed by atoms with E-state index in [4.69, 9.17) is 5.11 Å². The SMILES string of the molecule is CCN(C(=O)C1(C)CCCNC1)C(C)CC(=O)O. The Kier molecular flexibility index (Phi) is 5.14. The van der Waals surface area contributed by atoms with Gasteiger partial charge in [-0.3, -0.25) is 9.59 Å². The number of carbonyl (C=O) groups is 2. The number of nitrogens with zero attached hydrogens (tertiary/aromatic N) is 1. The molecule has 0 aliphatic carbocycles. The maximum absolute atomic E-state index is 12.6. The number of rotatable bonds is 5. The summed E-state index contributed by atoms with van der Waals surface area (Å²) in [6, 6.07) is -0.251. The minimum absolute atomic E-state index is 0.00306. The zero-order valence-corrected chi connectivity index (χ0v) is 11.5. The monoisotopic (exact) mass is 256 g/mol. The lowest BCUT2D eigenvalue weighted by Gasteiger charge is -2.39. The lowest BCUT2D eigenvalue weighted by Crippen LogP contribution is -2.52. The van der Waals surface area contributed by atoms with E-state index in [0.29, 0.717) is 13.1 Å². The van der Waals surface area contributed by atoms with Crippen molar-refractivity contribution in [3.05, 3.63) is 0 Å². The minimum atomic E-state index is -0.860. The van der Waals surface area contributed by atoms with Gasteiger partial charge >= 0.3 is 5.97 Å². The number of amides is 1. The van der Waals surface area contributed by atoms with Crippen LogP contribution in [-0.2, 0) is 9.59 Å². The molecule has 1 fully saturated rings. The second-order valence-electron chi connectivity index (χ2n) is 5.38. The molecule has 0 bridgehead atoms. The molecule has 2 unspecified atom stereocenters. The van der Waals surface area contributed by atoms with E-state index < -0.39 is 5.97 Å². The Morgan fingerprint density at radius 1 is 1.50 bits per heavy atom. The number of nitrogens with one attached hydrogen (secondary N) is 1. The zero-order valence-electron chi connectivity index (χ0n) is 11.5. The summed E-state index contributed by atoms with van der Waals surface area (Å²) in [5, 5.41) is 12.1. The number of carboxylic acids is 1. The molecule has 0 radical (unpaired) electrons. The van der Waals surface area contributed by atoms with Gasteiger partial charge in [0.15, 0.2) is 0 Å². The van der Waals surface area contributed by atoms with Crippen molar-refractivity contribution in [2.75, 3.05) is 19.6 Å². The van der Waals surface area contributed by atoms with E-state index in [9.17, 15) is 9.59 Å². The Morgan fingerprint density at radius 3 is 2.61 bits per heavy atom. The highest BCUT2D eigenvalue weighted by Crippen LogP contribution is 2.29. The van der Waals surface area contributed by atoms with Crippen molar-refractivity contribution < 1.29 is 14.7 Å². The molecule has 0 spiro atoms. The van der Waals surface area contributed by atoms with Gasteiger partial charge in [0.25, 0.3) is 0 Å². The van der Waals surface area contributed by atoms with Crippen molar-refractivity contribution >= 4 is 11.9 Å². The third-order valence-electron chi connectivity index (χ3n) is 3.72. The molecule has 2 N–H and O–H groups in total. The molecule has 2 atom stereocenters. The Balaban J connectivity index is 2.74. The molecule has 18 heavy (non-hydrogen) atoms. The number of piperidine rings is 1. The molecule has 1 saturated heterocycles. The summed E-state index contributed by atoms with van der Waals surface area (Å²) < 4.78 is 0. The highest BCUT2D eigenvalue weighted by atomic mass is 16.4. The van der Waals surface area contributed by atoms with Crippen LogP contribution >= 0.6 is 0 Å². The van der Waals surface area contributed by atoms with Crippen LogP contribution in [0.1, 0.15) is 40.0 Å². The van der Waals surface area contributed by atoms with Crippen molar-refractivity contribution in [1.82, 2.24) is 10.2 Å². The van der Waals surface area contributed by atoms with Gasteiger partial charge in [-0.2, -0.15) is 0 Å². The van der Waals surface area contributed by atoms with E-state index in [1.54, 1.807) is 11.8 Å². The van der Waals surface area contributed by atoms with Crippen LogP contribution in [0.5, 0.6) is 0 Å². The average molecular weight is 256 g/mol. The molecule has 1 aliphatic heterocycles. The lowest BCUT2D eigenvalue weighted by molar-refractivity contribution is -0.146. The predicted molar refractivity (Wildman–Crippen MR) is 69.3 cm³/mol. The van der Waals surface area contributed by atoms with Crippen molar-refractivity contribution in [2.24, 2.45) is 5.41 Å². The zero-order chi connectivity index (χ0) is 13.8. The fraction of sp³-hybridized carbons (Fsp3) is 0.846. The highest BCUT2D eigenvalue weighted by molar-refractivity contribution is 5.83. The molecule has 1 rings (SSSR count). The van der Waals surface area contributed by atoms with Crippen LogP contribution < -0.4 is 5.32 Å². The van der Waals surface area contributed by atoms with Crippen LogP contribution in [0.2, 0.25) is 0 Å². The van der Waals surface area contributed by atoms with Crippen LogP contribution in [0.15, 0.2) is 0 Å². The largest absolute Gasteiger partial charge is 0.481 e. The highest BCUT2D eigenvalue weighted by Gasteiger charge is 2.38. The van der Waals surface area contributed by atoms with Crippen LogP contribution in [0.4, 0.5) is 0 Å². The quantitative estimate of drug-likeness (QED) is 0.772. The smallest absolute Gasteiger partial charge is 0.305 e. The van der Waals surface area contributed by atoms with E-state index in [2.05, 4.69) is 5.32 Å². The van der Waals surface area contributed by atoms with E-state index >= 15 is 0 Å². The van der Waals surface area contributed by atoms with Gasteiger partial charge in [0.1, 0.15) is 0 Å². The molecular weight excluding hydrogens is 232 g/mol. The number of aliphatic carboxylic acids is 1. The Bertz CT molecular complexity index is 311. The molecule has 0 saturated carbocycles. The van der Waals surface area contributed by atoms with E-state index in [1.807, 2.05) is 13.8 Å². The van der Waals surface area contributed by atoms with Gasteiger partial charge in [-0.25, -0.2) is 0 Å². The Hall–Kier alpha value is -1.10. The Morgan fingerprint density at radius 2 is 2.17 bits per heavy atom. The number of carbonyl (C=O) groups excluding carboxylic acids is 1. The molecule has 0 aromatic carbocycles. The molecule has 1 heterocycles.